The van der Waals surface area contributed by atoms with Crippen LogP contribution in [0.15, 0.2) is 45.7 Å². The van der Waals surface area contributed by atoms with Crippen LogP contribution < -0.4 is 15.0 Å². The second kappa shape index (κ2) is 9.76. The van der Waals surface area contributed by atoms with Crippen LogP contribution in [-0.4, -0.2) is 44.1 Å². The van der Waals surface area contributed by atoms with Gasteiger partial charge in [0.25, 0.3) is 11.4 Å². The number of ether oxygens (including phenoxy) is 2. The molecule has 0 atom stereocenters. The summed E-state index contributed by atoms with van der Waals surface area (Å²) in [5, 5.41) is 19.5. The third kappa shape index (κ3) is 4.28. The fourth-order valence-electron chi connectivity index (χ4n) is 4.54. The number of hydrogen-bond acceptors (Lipinski definition) is 9. The number of rotatable bonds is 7. The largest absolute Gasteiger partial charge is 0.494 e. The van der Waals surface area contributed by atoms with E-state index in [2.05, 4.69) is 20.2 Å². The second-order valence-electron chi connectivity index (χ2n) is 8.45. The van der Waals surface area contributed by atoms with Crippen molar-refractivity contribution in [2.24, 2.45) is 0 Å². The van der Waals surface area contributed by atoms with Gasteiger partial charge >= 0.3 is 0 Å². The average molecular weight is 493 g/mol. The highest BCUT2D eigenvalue weighted by molar-refractivity contribution is 5.65. The normalized spacial score (nSPS) is 13.8. The molecule has 1 N–H and O–H groups in total. The van der Waals surface area contributed by atoms with Crippen LogP contribution in [0.5, 0.6) is 17.4 Å². The molecule has 3 heterocycles. The van der Waals surface area contributed by atoms with Gasteiger partial charge in [-0.25, -0.2) is 4.39 Å². The molecule has 11 heteroatoms. The minimum atomic E-state index is -0.686. The van der Waals surface area contributed by atoms with E-state index in [0.29, 0.717) is 28.7 Å². The molecule has 1 aliphatic rings. The molecule has 0 radical (unpaired) electrons. The molecule has 0 amide bonds. The highest BCUT2D eigenvalue weighted by atomic mass is 19.1. The highest BCUT2D eigenvalue weighted by Gasteiger charge is 2.31. The molecule has 0 aliphatic heterocycles. The van der Waals surface area contributed by atoms with Gasteiger partial charge in [0.2, 0.25) is 11.8 Å². The highest BCUT2D eigenvalue weighted by Crippen LogP contribution is 2.42. The van der Waals surface area contributed by atoms with Crippen molar-refractivity contribution >= 4 is 0 Å². The Balaban J connectivity index is 1.66. The molecule has 36 heavy (non-hydrogen) atoms. The molecule has 0 bridgehead atoms. The van der Waals surface area contributed by atoms with E-state index in [0.717, 1.165) is 31.9 Å². The van der Waals surface area contributed by atoms with Gasteiger partial charge in [-0.1, -0.05) is 18.9 Å². The van der Waals surface area contributed by atoms with Crippen molar-refractivity contribution in [2.75, 3.05) is 14.2 Å². The van der Waals surface area contributed by atoms with Gasteiger partial charge in [0.05, 0.1) is 26.8 Å². The maximum Gasteiger partial charge on any atom is 0.289 e. The van der Waals surface area contributed by atoms with Gasteiger partial charge in [-0.05, 0) is 37.1 Å². The lowest BCUT2D eigenvalue weighted by atomic mass is 10.1. The van der Waals surface area contributed by atoms with Crippen molar-refractivity contribution in [3.05, 3.63) is 70.1 Å². The van der Waals surface area contributed by atoms with Crippen LogP contribution >= 0.6 is 0 Å². The number of aromatic hydroxyl groups is 1. The number of benzene rings is 1. The minimum Gasteiger partial charge on any atom is -0.494 e. The van der Waals surface area contributed by atoms with Crippen molar-refractivity contribution in [3.63, 3.8) is 0 Å². The summed E-state index contributed by atoms with van der Waals surface area (Å²) in [5.74, 6) is 0.312. The molecule has 3 aromatic heterocycles. The molecular weight excluding hydrogens is 469 g/mol. The number of hydrogen-bond donors (Lipinski definition) is 1. The maximum absolute atomic E-state index is 13.2. The van der Waals surface area contributed by atoms with E-state index in [9.17, 15) is 14.3 Å². The van der Waals surface area contributed by atoms with Crippen molar-refractivity contribution in [1.82, 2.24) is 24.7 Å². The molecule has 1 fully saturated rings. The molecule has 1 aliphatic carbocycles. The fourth-order valence-corrected chi connectivity index (χ4v) is 4.54. The van der Waals surface area contributed by atoms with Crippen LogP contribution in [0.1, 0.15) is 49.0 Å². The van der Waals surface area contributed by atoms with E-state index in [1.165, 1.54) is 30.9 Å². The number of aromatic nitrogens is 5. The molecule has 1 aromatic carbocycles. The molecular formula is C25H24FN5O5. The molecule has 10 nitrogen and oxygen atoms in total. The van der Waals surface area contributed by atoms with Gasteiger partial charge in [0.1, 0.15) is 28.8 Å². The first kappa shape index (κ1) is 23.5. The lowest BCUT2D eigenvalue weighted by molar-refractivity contribution is 0.377. The fraction of sp³-hybridized carbons (Fsp3) is 0.320. The number of pyridine rings is 1. The number of methoxy groups -OCH3 is 2. The predicted molar refractivity (Wildman–Crippen MR) is 126 cm³/mol. The first-order chi connectivity index (χ1) is 17.5. The lowest BCUT2D eigenvalue weighted by Crippen LogP contribution is -2.22. The van der Waals surface area contributed by atoms with Crippen LogP contribution in [0, 0.1) is 5.82 Å². The molecule has 5 rings (SSSR count). The first-order valence-electron chi connectivity index (χ1n) is 11.5. The Morgan fingerprint density at radius 1 is 1.11 bits per heavy atom. The minimum absolute atomic E-state index is 0.0323. The Kier molecular flexibility index (Phi) is 6.36. The topological polar surface area (TPSA) is 125 Å². The van der Waals surface area contributed by atoms with E-state index in [1.807, 2.05) is 0 Å². The second-order valence-corrected chi connectivity index (χ2v) is 8.45. The smallest absolute Gasteiger partial charge is 0.289 e. The number of halogens is 1. The van der Waals surface area contributed by atoms with E-state index in [-0.39, 0.29) is 29.7 Å². The van der Waals surface area contributed by atoms with Crippen LogP contribution in [-0.2, 0) is 6.42 Å². The van der Waals surface area contributed by atoms with Gasteiger partial charge in [0, 0.05) is 11.6 Å². The average Bonchev–Trinajstić information content (AvgIpc) is 3.58. The number of nitrogens with zero attached hydrogens (tertiary/aromatic N) is 5. The third-order valence-corrected chi connectivity index (χ3v) is 6.24. The van der Waals surface area contributed by atoms with Gasteiger partial charge < -0.3 is 19.0 Å². The molecule has 0 spiro atoms. The zero-order chi connectivity index (χ0) is 25.2. The van der Waals surface area contributed by atoms with Crippen LogP contribution in [0.4, 0.5) is 4.39 Å². The summed E-state index contributed by atoms with van der Waals surface area (Å²) in [6.07, 6.45) is 4.86. The monoisotopic (exact) mass is 493 g/mol. The van der Waals surface area contributed by atoms with Crippen molar-refractivity contribution in [3.8, 4) is 34.5 Å². The van der Waals surface area contributed by atoms with Crippen LogP contribution in [0.2, 0.25) is 0 Å². The van der Waals surface area contributed by atoms with Gasteiger partial charge in [-0.2, -0.15) is 4.98 Å². The number of para-hydroxylation sites is 1. The van der Waals surface area contributed by atoms with E-state index >= 15 is 0 Å². The molecule has 0 saturated heterocycles. The summed E-state index contributed by atoms with van der Waals surface area (Å²) in [4.78, 5) is 21.5. The Labute approximate surface area is 205 Å². The van der Waals surface area contributed by atoms with Crippen molar-refractivity contribution in [1.29, 1.82) is 0 Å². The standard InChI is InChI=1S/C25H24FN5O5/c1-34-17-8-5-9-18(35-2)21(17)31-22(14-6-3-4-7-14)28-23(32)20(25(31)33)24-30-29-19(36-24)12-16-11-10-15(26)13-27-16/h5,8-11,13-14,33H,3-4,6-7,12H2,1-2H3. The van der Waals surface area contributed by atoms with Crippen LogP contribution in [0.3, 0.4) is 0 Å². The van der Waals surface area contributed by atoms with E-state index in [1.54, 1.807) is 18.2 Å². The third-order valence-electron chi connectivity index (χ3n) is 6.24. The van der Waals surface area contributed by atoms with Gasteiger partial charge in [0.15, 0.2) is 5.56 Å². The summed E-state index contributed by atoms with van der Waals surface area (Å²) in [7, 11) is 3.02. The summed E-state index contributed by atoms with van der Waals surface area (Å²) < 4.78 is 31.5. The van der Waals surface area contributed by atoms with Crippen molar-refractivity contribution < 1.29 is 23.4 Å². The Morgan fingerprint density at radius 3 is 2.47 bits per heavy atom. The van der Waals surface area contributed by atoms with Gasteiger partial charge in [-0.15, -0.1) is 10.2 Å². The summed E-state index contributed by atoms with van der Waals surface area (Å²) in [5.41, 5.74) is -0.0160. The van der Waals surface area contributed by atoms with Crippen molar-refractivity contribution in [2.45, 2.75) is 38.0 Å². The summed E-state index contributed by atoms with van der Waals surface area (Å²) in [6, 6.07) is 7.99. The van der Waals surface area contributed by atoms with Gasteiger partial charge in [-0.3, -0.25) is 14.3 Å². The lowest BCUT2D eigenvalue weighted by Gasteiger charge is -2.22. The zero-order valence-electron chi connectivity index (χ0n) is 19.8. The molecule has 1 saturated carbocycles. The SMILES string of the molecule is COc1cccc(OC)c1-n1c(C2CCCC2)nc(=O)c(-c2nnc(Cc3ccc(F)cn3)o2)c1O. The predicted octanol–water partition coefficient (Wildman–Crippen LogP) is 3.79. The van der Waals surface area contributed by atoms with Crippen LogP contribution in [0.25, 0.3) is 17.1 Å². The molecule has 0 unspecified atom stereocenters. The Morgan fingerprint density at radius 2 is 1.83 bits per heavy atom. The molecule has 4 aromatic rings. The zero-order valence-corrected chi connectivity index (χ0v) is 19.8. The quantitative estimate of drug-likeness (QED) is 0.409. The maximum atomic E-state index is 13.2. The first-order valence-corrected chi connectivity index (χ1v) is 11.5. The summed E-state index contributed by atoms with van der Waals surface area (Å²) in [6.45, 7) is 0. The van der Waals surface area contributed by atoms with E-state index in [4.69, 9.17) is 13.9 Å². The summed E-state index contributed by atoms with van der Waals surface area (Å²) >= 11 is 0. The molecule has 186 valence electrons. The Bertz CT molecular complexity index is 1420. The van der Waals surface area contributed by atoms with E-state index < -0.39 is 17.3 Å². The Hall–Kier alpha value is -4.28.